The number of hydrogen-bond donors (Lipinski definition) is 2. The first-order chi connectivity index (χ1) is 14.8. The molecule has 0 saturated carbocycles. The highest BCUT2D eigenvalue weighted by atomic mass is 16.8. The van der Waals surface area contributed by atoms with Gasteiger partial charge in [-0.1, -0.05) is 6.08 Å². The highest BCUT2D eigenvalue weighted by molar-refractivity contribution is 6.71. The fourth-order valence-electron chi connectivity index (χ4n) is 3.10. The van der Waals surface area contributed by atoms with Crippen molar-refractivity contribution >= 4 is 35.7 Å². The van der Waals surface area contributed by atoms with Crippen LogP contribution < -0.4 is 9.97 Å². The van der Waals surface area contributed by atoms with Crippen LogP contribution in [0, 0.1) is 20.2 Å². The van der Waals surface area contributed by atoms with E-state index in [4.69, 9.17) is 14.0 Å². The molecule has 1 unspecified atom stereocenters. The highest BCUT2D eigenvalue weighted by Crippen LogP contribution is 2.40. The van der Waals surface area contributed by atoms with E-state index in [1.807, 2.05) is 0 Å². The van der Waals surface area contributed by atoms with Crippen molar-refractivity contribution in [2.75, 3.05) is 12.4 Å². The molecule has 12 nitrogen and oxygen atoms in total. The van der Waals surface area contributed by atoms with Crippen molar-refractivity contribution in [1.82, 2.24) is 0 Å². The van der Waals surface area contributed by atoms with Crippen LogP contribution in [0.5, 0.6) is 11.5 Å². The van der Waals surface area contributed by atoms with E-state index in [-0.39, 0.29) is 28.6 Å². The van der Waals surface area contributed by atoms with Crippen molar-refractivity contribution in [3.8, 4) is 11.5 Å². The number of allylic oxidation sites excluding steroid dienone is 3. The third kappa shape index (κ3) is 3.64. The summed E-state index contributed by atoms with van der Waals surface area (Å²) in [4.78, 5) is 24.9. The summed E-state index contributed by atoms with van der Waals surface area (Å²) in [5.41, 5.74) is 0.419. The van der Waals surface area contributed by atoms with Gasteiger partial charge >= 0.3 is 6.75 Å². The molecule has 1 atom stereocenters. The standard InChI is InChI=1S/C18H14BN4O8/c1-29-19-18(21-15-9-12(23(27)28)3-6-17(15)31-19)7-4-13(30-19)10-20-14-8-11(22(25)26)2-5-16(14)24/h2-10,21,24H,1H3/q-1. The molecule has 0 amide bonds. The van der Waals surface area contributed by atoms with E-state index in [1.165, 1.54) is 43.7 Å². The smallest absolute Gasteiger partial charge is 0.538 e. The molecule has 2 aromatic carbocycles. The Labute approximate surface area is 174 Å². The summed E-state index contributed by atoms with van der Waals surface area (Å²) in [6, 6.07) is 7.50. The van der Waals surface area contributed by atoms with Gasteiger partial charge in [0.05, 0.1) is 33.3 Å². The molecule has 0 bridgehead atoms. The highest BCUT2D eigenvalue weighted by Gasteiger charge is 2.43. The summed E-state index contributed by atoms with van der Waals surface area (Å²) < 4.78 is 17.2. The number of non-ortho nitro benzene ring substituents is 2. The minimum Gasteiger partial charge on any atom is -0.654 e. The second-order valence-corrected chi connectivity index (χ2v) is 6.56. The van der Waals surface area contributed by atoms with E-state index in [0.717, 1.165) is 12.1 Å². The van der Waals surface area contributed by atoms with Crippen molar-refractivity contribution in [3.63, 3.8) is 0 Å². The molecule has 0 spiro atoms. The molecule has 0 fully saturated rings. The predicted molar refractivity (Wildman–Crippen MR) is 110 cm³/mol. The Morgan fingerprint density at radius 2 is 1.81 bits per heavy atom. The molecule has 0 aromatic heterocycles. The van der Waals surface area contributed by atoms with Crippen LogP contribution in [0.2, 0.25) is 0 Å². The summed E-state index contributed by atoms with van der Waals surface area (Å²) in [5.74, 6) is 0.246. The third-order valence-corrected chi connectivity index (χ3v) is 4.65. The van der Waals surface area contributed by atoms with Crippen molar-refractivity contribution in [3.05, 3.63) is 80.1 Å². The van der Waals surface area contributed by atoms with Crippen LogP contribution in [-0.4, -0.2) is 35.0 Å². The van der Waals surface area contributed by atoms with Crippen LogP contribution in [-0.2, 0) is 9.31 Å². The first kappa shape index (κ1) is 19.9. The van der Waals surface area contributed by atoms with Gasteiger partial charge in [-0.3, -0.25) is 20.2 Å². The first-order valence-electron chi connectivity index (χ1n) is 8.87. The van der Waals surface area contributed by atoms with E-state index >= 15 is 0 Å². The number of aliphatic imine (C=N–C) groups is 1. The van der Waals surface area contributed by atoms with Gasteiger partial charge in [0.15, 0.2) is 0 Å². The van der Waals surface area contributed by atoms with Crippen LogP contribution in [0.25, 0.3) is 0 Å². The van der Waals surface area contributed by atoms with E-state index < -0.39 is 16.6 Å². The minimum absolute atomic E-state index is 0.0206. The summed E-state index contributed by atoms with van der Waals surface area (Å²) in [6.45, 7) is -2.50. The zero-order chi connectivity index (χ0) is 22.2. The Balaban J connectivity index is 1.63. The fraction of sp³-hybridized carbons (Fsp3) is 0.0556. The Morgan fingerprint density at radius 1 is 1.10 bits per heavy atom. The number of fused-ring (bicyclic) bond motifs is 2. The lowest BCUT2D eigenvalue weighted by Gasteiger charge is -2.48. The summed E-state index contributed by atoms with van der Waals surface area (Å²) in [7, 11) is 1.37. The lowest BCUT2D eigenvalue weighted by atomic mass is 9.70. The van der Waals surface area contributed by atoms with Gasteiger partial charge in [-0.2, -0.15) is 0 Å². The van der Waals surface area contributed by atoms with Crippen molar-refractivity contribution in [2.45, 2.75) is 0 Å². The Morgan fingerprint density at radius 3 is 2.52 bits per heavy atom. The maximum absolute atomic E-state index is 11.0. The van der Waals surface area contributed by atoms with Gasteiger partial charge in [-0.25, -0.2) is 4.99 Å². The van der Waals surface area contributed by atoms with Crippen LogP contribution >= 0.6 is 0 Å². The number of phenolic OH excluding ortho intramolecular Hbond substituents is 1. The van der Waals surface area contributed by atoms with Crippen molar-refractivity contribution < 1.29 is 28.9 Å². The minimum atomic E-state index is -2.50. The molecule has 158 valence electrons. The molecular formula is C18H14BN4O8-. The molecule has 2 aliphatic rings. The van der Waals surface area contributed by atoms with Gasteiger partial charge in [0.2, 0.25) is 0 Å². The monoisotopic (exact) mass is 425 g/mol. The molecule has 0 radical (unpaired) electrons. The normalized spacial score (nSPS) is 19.1. The number of rotatable bonds is 5. The van der Waals surface area contributed by atoms with Crippen molar-refractivity contribution in [1.29, 1.82) is 0 Å². The first-order valence-corrected chi connectivity index (χ1v) is 8.87. The molecule has 2 heterocycles. The van der Waals surface area contributed by atoms with Gasteiger partial charge in [-0.05, 0) is 30.9 Å². The molecule has 31 heavy (non-hydrogen) atoms. The number of nitrogens with one attached hydrogen (secondary N) is 1. The summed E-state index contributed by atoms with van der Waals surface area (Å²) in [6.07, 6.45) is 4.39. The van der Waals surface area contributed by atoms with E-state index in [2.05, 4.69) is 10.3 Å². The topological polar surface area (TPSA) is 159 Å². The Kier molecular flexibility index (Phi) is 4.79. The second-order valence-electron chi connectivity index (χ2n) is 6.56. The molecule has 0 aliphatic carbocycles. The quantitative estimate of drug-likeness (QED) is 0.317. The number of nitro groups is 2. The molecule has 13 heteroatoms. The number of nitrogens with zero attached hydrogens (tertiary/aromatic N) is 3. The number of hydrogen-bond acceptors (Lipinski definition) is 10. The number of benzene rings is 2. The fourth-order valence-corrected chi connectivity index (χ4v) is 3.10. The second kappa shape index (κ2) is 7.46. The largest absolute Gasteiger partial charge is 0.654 e. The van der Waals surface area contributed by atoms with Gasteiger partial charge in [0.1, 0.15) is 11.4 Å². The summed E-state index contributed by atoms with van der Waals surface area (Å²) >= 11 is 0. The third-order valence-electron chi connectivity index (χ3n) is 4.65. The number of phenols is 1. The van der Waals surface area contributed by atoms with Crippen LogP contribution in [0.1, 0.15) is 0 Å². The number of anilines is 1. The van der Waals surface area contributed by atoms with Gasteiger partial charge in [-0.15, -0.1) is 0 Å². The van der Waals surface area contributed by atoms with Crippen molar-refractivity contribution in [2.24, 2.45) is 4.99 Å². The lowest BCUT2D eigenvalue weighted by Crippen LogP contribution is -2.55. The van der Waals surface area contributed by atoms with Gasteiger partial charge in [0.25, 0.3) is 11.4 Å². The van der Waals surface area contributed by atoms with Gasteiger partial charge < -0.3 is 24.4 Å². The van der Waals surface area contributed by atoms with Crippen LogP contribution in [0.3, 0.4) is 0 Å². The maximum atomic E-state index is 11.0. The molecule has 4 rings (SSSR count). The maximum Gasteiger partial charge on any atom is 0.538 e. The SMILES string of the molecule is CO[B-]12OC(C=Nc3cc([N+](=O)[O-])ccc3O)=CC=C1Nc1cc([N+](=O)[O-])ccc1O2. The molecule has 0 saturated heterocycles. The Bertz CT molecular complexity index is 1200. The zero-order valence-corrected chi connectivity index (χ0v) is 15.9. The summed E-state index contributed by atoms with van der Waals surface area (Å²) in [5, 5.41) is 34.8. The molecule has 2 aliphatic heterocycles. The average Bonchev–Trinajstić information content (AvgIpc) is 2.76. The van der Waals surface area contributed by atoms with Crippen LogP contribution in [0.4, 0.5) is 22.7 Å². The van der Waals surface area contributed by atoms with Crippen LogP contribution in [0.15, 0.2) is 64.9 Å². The molecular weight excluding hydrogens is 411 g/mol. The lowest BCUT2D eigenvalue weighted by molar-refractivity contribution is -0.385. The molecule has 2 N–H and O–H groups in total. The van der Waals surface area contributed by atoms with Gasteiger partial charge in [0, 0.05) is 24.3 Å². The van der Waals surface area contributed by atoms with E-state index in [1.54, 1.807) is 6.08 Å². The zero-order valence-electron chi connectivity index (χ0n) is 15.9. The number of nitro benzene ring substituents is 2. The predicted octanol–water partition coefficient (Wildman–Crippen LogP) is 3.34. The van der Waals surface area contributed by atoms with E-state index in [9.17, 15) is 25.3 Å². The molecule has 2 aromatic rings. The number of aromatic hydroxyl groups is 1. The average molecular weight is 425 g/mol. The van der Waals surface area contributed by atoms with E-state index in [0.29, 0.717) is 17.0 Å². The Hall–Kier alpha value is -4.39.